The van der Waals surface area contributed by atoms with Crippen molar-refractivity contribution in [1.29, 1.82) is 0 Å². The molecular formula is C13H17NO4S. The number of carboxylic acids is 1. The molecule has 0 radical (unpaired) electrons. The summed E-state index contributed by atoms with van der Waals surface area (Å²) in [5.41, 5.74) is 0.0717. The van der Waals surface area contributed by atoms with Crippen LogP contribution in [0.2, 0.25) is 0 Å². The molecule has 0 aliphatic carbocycles. The lowest BCUT2D eigenvalue weighted by Crippen LogP contribution is -2.54. The summed E-state index contributed by atoms with van der Waals surface area (Å²) in [5.74, 6) is 1.03. The van der Waals surface area contributed by atoms with Gasteiger partial charge in [0.05, 0.1) is 5.56 Å². The molecule has 1 aliphatic heterocycles. The number of carboxylic acid groups (broad SMARTS) is 1. The summed E-state index contributed by atoms with van der Waals surface area (Å²) in [6.45, 7) is 5.31. The van der Waals surface area contributed by atoms with Crippen molar-refractivity contribution in [2.24, 2.45) is 0 Å². The number of aryl methyl sites for hydroxylation is 2. The van der Waals surface area contributed by atoms with Crippen molar-refractivity contribution < 1.29 is 19.1 Å². The first-order valence-corrected chi connectivity index (χ1v) is 7.23. The third-order valence-corrected chi connectivity index (χ3v) is 4.76. The fourth-order valence-corrected chi connectivity index (χ4v) is 3.62. The Balaban J connectivity index is 2.28. The molecule has 0 bridgehead atoms. The van der Waals surface area contributed by atoms with E-state index in [0.29, 0.717) is 29.3 Å². The van der Waals surface area contributed by atoms with Crippen LogP contribution < -0.4 is 5.32 Å². The van der Waals surface area contributed by atoms with Crippen molar-refractivity contribution in [2.75, 3.05) is 11.5 Å². The van der Waals surface area contributed by atoms with Crippen LogP contribution in [0.3, 0.4) is 0 Å². The van der Waals surface area contributed by atoms with Crippen LogP contribution in [0, 0.1) is 20.8 Å². The average molecular weight is 283 g/mol. The number of amides is 1. The topological polar surface area (TPSA) is 79.5 Å². The van der Waals surface area contributed by atoms with Gasteiger partial charge in [-0.1, -0.05) is 0 Å². The number of nitrogens with one attached hydrogen (secondary N) is 1. The number of hydrogen-bond donors (Lipinski definition) is 2. The molecule has 104 valence electrons. The van der Waals surface area contributed by atoms with Crippen LogP contribution in [0.1, 0.15) is 33.9 Å². The molecule has 0 saturated carbocycles. The molecular weight excluding hydrogens is 266 g/mol. The molecule has 1 fully saturated rings. The predicted octanol–water partition coefficient (Wildman–Crippen LogP) is 1.89. The Labute approximate surface area is 115 Å². The smallest absolute Gasteiger partial charge is 0.330 e. The predicted molar refractivity (Wildman–Crippen MR) is 72.7 cm³/mol. The third-order valence-electron chi connectivity index (χ3n) is 3.57. The quantitative estimate of drug-likeness (QED) is 0.885. The molecule has 1 aliphatic rings. The minimum atomic E-state index is -1.15. The zero-order valence-corrected chi connectivity index (χ0v) is 12.0. The molecule has 1 aromatic heterocycles. The van der Waals surface area contributed by atoms with E-state index in [1.807, 2.05) is 0 Å². The van der Waals surface area contributed by atoms with Crippen LogP contribution in [0.4, 0.5) is 0 Å². The first kappa shape index (κ1) is 14.0. The summed E-state index contributed by atoms with van der Waals surface area (Å²) in [6, 6.07) is 0. The van der Waals surface area contributed by atoms with E-state index in [1.54, 1.807) is 32.5 Å². The Morgan fingerprint density at radius 1 is 1.32 bits per heavy atom. The highest BCUT2D eigenvalue weighted by Crippen LogP contribution is 2.29. The van der Waals surface area contributed by atoms with Gasteiger partial charge in [0.1, 0.15) is 17.1 Å². The number of thioether (sulfide) groups is 1. The van der Waals surface area contributed by atoms with Crippen LogP contribution >= 0.6 is 11.8 Å². The van der Waals surface area contributed by atoms with Gasteiger partial charge in [-0.3, -0.25) is 4.79 Å². The maximum absolute atomic E-state index is 12.3. The Bertz CT molecular complexity index is 529. The van der Waals surface area contributed by atoms with Crippen LogP contribution in [-0.2, 0) is 4.79 Å². The van der Waals surface area contributed by atoms with Gasteiger partial charge in [-0.2, -0.15) is 11.8 Å². The number of carbonyl (C=O) groups is 2. The van der Waals surface area contributed by atoms with Crippen LogP contribution in [0.25, 0.3) is 0 Å². The lowest BCUT2D eigenvalue weighted by molar-refractivity contribution is -0.143. The molecule has 1 aromatic rings. The molecule has 2 rings (SSSR count). The third kappa shape index (κ3) is 2.36. The van der Waals surface area contributed by atoms with Crippen molar-refractivity contribution in [1.82, 2.24) is 5.32 Å². The molecule has 2 N–H and O–H groups in total. The van der Waals surface area contributed by atoms with E-state index in [9.17, 15) is 14.7 Å². The fourth-order valence-electron chi connectivity index (χ4n) is 2.29. The van der Waals surface area contributed by atoms with Crippen molar-refractivity contribution in [3.05, 3.63) is 22.6 Å². The van der Waals surface area contributed by atoms with Gasteiger partial charge in [-0.05, 0) is 32.9 Å². The second kappa shape index (κ2) is 4.92. The minimum absolute atomic E-state index is 0.364. The van der Waals surface area contributed by atoms with E-state index in [1.165, 1.54) is 0 Å². The maximum Gasteiger partial charge on any atom is 0.330 e. The molecule has 1 unspecified atom stereocenters. The van der Waals surface area contributed by atoms with E-state index in [4.69, 9.17) is 4.42 Å². The van der Waals surface area contributed by atoms with Crippen molar-refractivity contribution in [3.8, 4) is 0 Å². The summed E-state index contributed by atoms with van der Waals surface area (Å²) in [7, 11) is 0. The number of aliphatic carboxylic acids is 1. The number of rotatable bonds is 3. The second-order valence-electron chi connectivity index (χ2n) is 4.86. The fraction of sp³-hybridized carbons (Fsp3) is 0.538. The highest BCUT2D eigenvalue weighted by Gasteiger charge is 2.44. The van der Waals surface area contributed by atoms with E-state index >= 15 is 0 Å². The lowest BCUT2D eigenvalue weighted by atomic mass is 9.98. The largest absolute Gasteiger partial charge is 0.479 e. The van der Waals surface area contributed by atoms with E-state index < -0.39 is 11.5 Å². The summed E-state index contributed by atoms with van der Waals surface area (Å²) in [6.07, 6.45) is 0.452. The van der Waals surface area contributed by atoms with Gasteiger partial charge in [0.15, 0.2) is 0 Å². The molecule has 5 nitrogen and oxygen atoms in total. The molecule has 0 aromatic carbocycles. The second-order valence-corrected chi connectivity index (χ2v) is 5.96. The molecule has 19 heavy (non-hydrogen) atoms. The van der Waals surface area contributed by atoms with Crippen molar-refractivity contribution in [2.45, 2.75) is 32.7 Å². The number of hydrogen-bond acceptors (Lipinski definition) is 4. The Kier molecular flexibility index (Phi) is 3.62. The highest BCUT2D eigenvalue weighted by molar-refractivity contribution is 7.99. The summed E-state index contributed by atoms with van der Waals surface area (Å²) < 4.78 is 5.41. The average Bonchev–Trinajstić information content (AvgIpc) is 2.86. The standard InChI is InChI=1S/C13H17NO4S/c1-7-8(2)18-9(3)10(7)11(15)14-13(12(16)17)4-5-19-6-13/h4-6H2,1-3H3,(H,14,15)(H,16,17). The van der Waals surface area contributed by atoms with Crippen LogP contribution in [0.15, 0.2) is 4.42 Å². The monoisotopic (exact) mass is 283 g/mol. The first-order chi connectivity index (χ1) is 8.87. The van der Waals surface area contributed by atoms with Gasteiger partial charge >= 0.3 is 5.97 Å². The SMILES string of the molecule is Cc1oc(C)c(C(=O)NC2(C(=O)O)CCSC2)c1C. The van der Waals surface area contributed by atoms with Crippen LogP contribution in [0.5, 0.6) is 0 Å². The van der Waals surface area contributed by atoms with Gasteiger partial charge in [-0.25, -0.2) is 4.79 Å². The summed E-state index contributed by atoms with van der Waals surface area (Å²) in [4.78, 5) is 23.7. The van der Waals surface area contributed by atoms with Gasteiger partial charge in [0.25, 0.3) is 5.91 Å². The number of furan rings is 1. The molecule has 1 saturated heterocycles. The van der Waals surface area contributed by atoms with Gasteiger partial charge in [-0.15, -0.1) is 0 Å². The lowest BCUT2D eigenvalue weighted by Gasteiger charge is -2.24. The Morgan fingerprint density at radius 2 is 2.00 bits per heavy atom. The molecule has 1 atom stereocenters. The van der Waals surface area contributed by atoms with E-state index in [-0.39, 0.29) is 5.91 Å². The Hall–Kier alpha value is -1.43. The zero-order valence-electron chi connectivity index (χ0n) is 11.2. The summed E-state index contributed by atoms with van der Waals surface area (Å²) in [5, 5.41) is 12.0. The van der Waals surface area contributed by atoms with E-state index in [2.05, 4.69) is 5.32 Å². The van der Waals surface area contributed by atoms with Gasteiger partial charge in [0, 0.05) is 11.3 Å². The summed E-state index contributed by atoms with van der Waals surface area (Å²) >= 11 is 1.54. The zero-order chi connectivity index (χ0) is 14.2. The van der Waals surface area contributed by atoms with Gasteiger partial charge < -0.3 is 14.8 Å². The van der Waals surface area contributed by atoms with Crippen LogP contribution in [-0.4, -0.2) is 34.0 Å². The molecule has 2 heterocycles. The molecule has 1 amide bonds. The van der Waals surface area contributed by atoms with Crippen molar-refractivity contribution in [3.63, 3.8) is 0 Å². The van der Waals surface area contributed by atoms with E-state index in [0.717, 1.165) is 11.3 Å². The normalized spacial score (nSPS) is 22.5. The minimum Gasteiger partial charge on any atom is -0.479 e. The molecule has 6 heteroatoms. The van der Waals surface area contributed by atoms with Crippen molar-refractivity contribution >= 4 is 23.6 Å². The van der Waals surface area contributed by atoms with Gasteiger partial charge in [0.2, 0.25) is 0 Å². The molecule has 0 spiro atoms. The first-order valence-electron chi connectivity index (χ1n) is 6.07. The Morgan fingerprint density at radius 3 is 2.42 bits per heavy atom. The highest BCUT2D eigenvalue weighted by atomic mass is 32.2. The maximum atomic E-state index is 12.3. The number of carbonyl (C=O) groups excluding carboxylic acids is 1.